The molecule has 4 aromatic rings. The third-order valence-corrected chi connectivity index (χ3v) is 5.32. The number of sulfonamides is 1. The molecular weight excluding hydrogens is 388 g/mol. The Kier molecular flexibility index (Phi) is 4.99. The monoisotopic (exact) mass is 408 g/mol. The minimum absolute atomic E-state index is 0.0166. The smallest absolute Gasteiger partial charge is 0.238 e. The van der Waals surface area contributed by atoms with Gasteiger partial charge in [0.1, 0.15) is 5.69 Å². The Bertz CT molecular complexity index is 1280. The van der Waals surface area contributed by atoms with Crippen molar-refractivity contribution < 1.29 is 8.42 Å². The molecule has 0 fully saturated rings. The Morgan fingerprint density at radius 1 is 1.10 bits per heavy atom. The minimum Gasteiger partial charge on any atom is -0.324 e. The van der Waals surface area contributed by atoms with E-state index >= 15 is 0 Å². The molecule has 0 amide bonds. The van der Waals surface area contributed by atoms with Gasteiger partial charge in [0.25, 0.3) is 0 Å². The Hall–Kier alpha value is -3.30. The van der Waals surface area contributed by atoms with Gasteiger partial charge in [-0.15, -0.1) is 0 Å². The zero-order valence-corrected chi connectivity index (χ0v) is 16.6. The standard InChI is InChI=1S/C20H20N6O2S/c1-2-12-26-18-9-4-3-8-16(18)19(25-26)17-10-11-22-20(24-17)23-14-6-5-7-15(13-14)29(21,27)28/h3-11,13H,2,12H2,1H3,(H2,21,27,28)(H,22,23,24). The van der Waals surface area contributed by atoms with E-state index in [1.54, 1.807) is 24.4 Å². The third kappa shape index (κ3) is 3.96. The first-order valence-electron chi connectivity index (χ1n) is 9.14. The van der Waals surface area contributed by atoms with Crippen LogP contribution < -0.4 is 10.5 Å². The fourth-order valence-corrected chi connectivity index (χ4v) is 3.69. The van der Waals surface area contributed by atoms with E-state index < -0.39 is 10.0 Å². The SMILES string of the molecule is CCCn1nc(-c2ccnc(Nc3cccc(S(N)(=O)=O)c3)n2)c2ccccc21. The highest BCUT2D eigenvalue weighted by Gasteiger charge is 2.14. The Morgan fingerprint density at radius 2 is 1.93 bits per heavy atom. The lowest BCUT2D eigenvalue weighted by atomic mass is 10.1. The summed E-state index contributed by atoms with van der Waals surface area (Å²) in [4.78, 5) is 8.83. The number of anilines is 2. The fraction of sp³-hybridized carbons (Fsp3) is 0.150. The summed E-state index contributed by atoms with van der Waals surface area (Å²) in [7, 11) is -3.79. The van der Waals surface area contributed by atoms with Gasteiger partial charge in [-0.05, 0) is 36.8 Å². The number of para-hydroxylation sites is 1. The number of nitrogens with one attached hydrogen (secondary N) is 1. The maximum absolute atomic E-state index is 11.6. The van der Waals surface area contributed by atoms with Gasteiger partial charge >= 0.3 is 0 Å². The predicted molar refractivity (Wildman–Crippen MR) is 112 cm³/mol. The molecule has 9 heteroatoms. The molecule has 4 rings (SSSR count). The number of hydrogen-bond acceptors (Lipinski definition) is 6. The predicted octanol–water partition coefficient (Wildman–Crippen LogP) is 3.29. The van der Waals surface area contributed by atoms with Gasteiger partial charge in [0.15, 0.2) is 0 Å². The molecule has 0 bridgehead atoms. The van der Waals surface area contributed by atoms with Crippen LogP contribution in [-0.2, 0) is 16.6 Å². The van der Waals surface area contributed by atoms with E-state index in [4.69, 9.17) is 10.2 Å². The molecule has 2 aromatic carbocycles. The minimum atomic E-state index is -3.79. The van der Waals surface area contributed by atoms with E-state index in [0.717, 1.165) is 29.6 Å². The number of benzene rings is 2. The number of nitrogens with zero attached hydrogens (tertiary/aromatic N) is 4. The van der Waals surface area contributed by atoms with E-state index in [0.29, 0.717) is 17.3 Å². The Labute approximate surface area is 168 Å². The average Bonchev–Trinajstić information content (AvgIpc) is 3.07. The second-order valence-electron chi connectivity index (χ2n) is 6.55. The quantitative estimate of drug-likeness (QED) is 0.506. The summed E-state index contributed by atoms with van der Waals surface area (Å²) >= 11 is 0. The number of aromatic nitrogens is 4. The number of nitrogens with two attached hydrogens (primary N) is 1. The second kappa shape index (κ2) is 7.61. The first-order valence-corrected chi connectivity index (χ1v) is 10.7. The number of rotatable bonds is 6. The van der Waals surface area contributed by atoms with Crippen LogP contribution in [0.5, 0.6) is 0 Å². The Morgan fingerprint density at radius 3 is 2.72 bits per heavy atom. The Balaban J connectivity index is 1.71. The van der Waals surface area contributed by atoms with Crippen molar-refractivity contribution in [3.63, 3.8) is 0 Å². The molecule has 0 atom stereocenters. The van der Waals surface area contributed by atoms with Crippen LogP contribution >= 0.6 is 0 Å². The molecule has 0 saturated heterocycles. The van der Waals surface area contributed by atoms with Gasteiger partial charge in [0.2, 0.25) is 16.0 Å². The topological polar surface area (TPSA) is 116 Å². The van der Waals surface area contributed by atoms with Gasteiger partial charge < -0.3 is 5.32 Å². The molecule has 0 aliphatic carbocycles. The van der Waals surface area contributed by atoms with E-state index in [2.05, 4.69) is 22.2 Å². The van der Waals surface area contributed by atoms with Crippen molar-refractivity contribution in [3.8, 4) is 11.4 Å². The van der Waals surface area contributed by atoms with Crippen molar-refractivity contribution in [2.75, 3.05) is 5.32 Å². The first-order chi connectivity index (χ1) is 14.0. The largest absolute Gasteiger partial charge is 0.324 e. The summed E-state index contributed by atoms with van der Waals surface area (Å²) in [6.45, 7) is 2.93. The molecule has 0 unspecified atom stereocenters. The summed E-state index contributed by atoms with van der Waals surface area (Å²) < 4.78 is 25.1. The van der Waals surface area contributed by atoms with E-state index in [-0.39, 0.29) is 4.90 Å². The van der Waals surface area contributed by atoms with Crippen LogP contribution in [0.3, 0.4) is 0 Å². The molecule has 8 nitrogen and oxygen atoms in total. The fourth-order valence-electron chi connectivity index (χ4n) is 3.13. The lowest BCUT2D eigenvalue weighted by Crippen LogP contribution is -2.12. The molecule has 0 spiro atoms. The lowest BCUT2D eigenvalue weighted by Gasteiger charge is -2.07. The average molecular weight is 408 g/mol. The molecule has 0 saturated carbocycles. The summed E-state index contributed by atoms with van der Waals surface area (Å²) in [6.07, 6.45) is 2.61. The van der Waals surface area contributed by atoms with Crippen molar-refractivity contribution in [1.29, 1.82) is 0 Å². The normalized spacial score (nSPS) is 11.7. The lowest BCUT2D eigenvalue weighted by molar-refractivity contribution is 0.598. The third-order valence-electron chi connectivity index (χ3n) is 4.41. The maximum Gasteiger partial charge on any atom is 0.238 e. The van der Waals surface area contributed by atoms with Crippen LogP contribution in [0.2, 0.25) is 0 Å². The van der Waals surface area contributed by atoms with Gasteiger partial charge in [-0.1, -0.05) is 31.2 Å². The summed E-state index contributed by atoms with van der Waals surface area (Å²) in [5.74, 6) is 0.336. The van der Waals surface area contributed by atoms with Crippen molar-refractivity contribution >= 4 is 32.6 Å². The van der Waals surface area contributed by atoms with Crippen molar-refractivity contribution in [2.45, 2.75) is 24.8 Å². The highest BCUT2D eigenvalue weighted by molar-refractivity contribution is 7.89. The maximum atomic E-state index is 11.6. The number of fused-ring (bicyclic) bond motifs is 1. The summed E-state index contributed by atoms with van der Waals surface area (Å²) in [6, 6.07) is 16.0. The zero-order valence-electron chi connectivity index (χ0n) is 15.8. The van der Waals surface area contributed by atoms with Crippen LogP contribution in [0.15, 0.2) is 65.7 Å². The van der Waals surface area contributed by atoms with Crippen LogP contribution in [0.25, 0.3) is 22.3 Å². The van der Waals surface area contributed by atoms with E-state index in [9.17, 15) is 8.42 Å². The number of hydrogen-bond donors (Lipinski definition) is 2. The molecule has 29 heavy (non-hydrogen) atoms. The summed E-state index contributed by atoms with van der Waals surface area (Å²) in [5, 5.41) is 14.0. The highest BCUT2D eigenvalue weighted by atomic mass is 32.2. The van der Waals surface area contributed by atoms with Gasteiger partial charge in [0.05, 0.1) is 16.1 Å². The number of aryl methyl sites for hydroxylation is 1. The van der Waals surface area contributed by atoms with Crippen LogP contribution in [-0.4, -0.2) is 28.2 Å². The molecule has 2 aromatic heterocycles. The van der Waals surface area contributed by atoms with Crippen LogP contribution in [0.4, 0.5) is 11.6 Å². The summed E-state index contributed by atoms with van der Waals surface area (Å²) in [5.41, 5.74) is 3.03. The van der Waals surface area contributed by atoms with Gasteiger partial charge in [-0.2, -0.15) is 5.10 Å². The molecule has 3 N–H and O–H groups in total. The van der Waals surface area contributed by atoms with Gasteiger partial charge in [-0.25, -0.2) is 23.5 Å². The van der Waals surface area contributed by atoms with Crippen molar-refractivity contribution in [2.24, 2.45) is 5.14 Å². The van der Waals surface area contributed by atoms with Gasteiger partial charge in [-0.3, -0.25) is 4.68 Å². The number of primary sulfonamides is 1. The van der Waals surface area contributed by atoms with Gasteiger partial charge in [0, 0.05) is 23.8 Å². The molecule has 148 valence electrons. The van der Waals surface area contributed by atoms with E-state index in [1.807, 2.05) is 28.9 Å². The second-order valence-corrected chi connectivity index (χ2v) is 8.11. The zero-order chi connectivity index (χ0) is 20.4. The first kappa shape index (κ1) is 19.0. The van der Waals surface area contributed by atoms with Crippen LogP contribution in [0.1, 0.15) is 13.3 Å². The molecule has 0 radical (unpaired) electrons. The van der Waals surface area contributed by atoms with Crippen LogP contribution in [0, 0.1) is 0 Å². The molecule has 2 heterocycles. The van der Waals surface area contributed by atoms with Crippen molar-refractivity contribution in [3.05, 3.63) is 60.8 Å². The molecule has 0 aliphatic heterocycles. The molecule has 0 aliphatic rings. The molecular formula is C20H20N6O2S. The van der Waals surface area contributed by atoms with Crippen molar-refractivity contribution in [1.82, 2.24) is 19.7 Å². The van der Waals surface area contributed by atoms with E-state index in [1.165, 1.54) is 12.1 Å². The highest BCUT2D eigenvalue weighted by Crippen LogP contribution is 2.27.